The van der Waals surface area contributed by atoms with Gasteiger partial charge < -0.3 is 9.80 Å². The van der Waals surface area contributed by atoms with Crippen LogP contribution in [-0.4, -0.2) is 42.6 Å². The molecule has 4 heteroatoms. The molecule has 1 aromatic heterocycles. The van der Waals surface area contributed by atoms with Crippen LogP contribution >= 0.6 is 11.6 Å². The summed E-state index contributed by atoms with van der Waals surface area (Å²) >= 11 is 6.05. The molecule has 0 aromatic carbocycles. The standard InChI is InChI=1S/C16H26ClN3/c1-12(2)15-8-14(10-17)9-16(18-15)20-7-5-6-19(4)11-13(20)3/h8-9,12-13H,5-7,10-11H2,1-4H3. The van der Waals surface area contributed by atoms with Crippen LogP contribution in [-0.2, 0) is 5.88 Å². The zero-order chi connectivity index (χ0) is 14.7. The van der Waals surface area contributed by atoms with Gasteiger partial charge in [0.25, 0.3) is 0 Å². The number of hydrogen-bond donors (Lipinski definition) is 0. The third-order valence-corrected chi connectivity index (χ3v) is 4.29. The number of alkyl halides is 1. The first-order chi connectivity index (χ1) is 9.51. The van der Waals surface area contributed by atoms with Crippen molar-refractivity contribution in [1.29, 1.82) is 0 Å². The zero-order valence-corrected chi connectivity index (χ0v) is 13.8. The van der Waals surface area contributed by atoms with E-state index in [0.29, 0.717) is 17.8 Å². The van der Waals surface area contributed by atoms with Crippen LogP contribution in [0.15, 0.2) is 12.1 Å². The van der Waals surface area contributed by atoms with Gasteiger partial charge in [0.1, 0.15) is 5.82 Å². The van der Waals surface area contributed by atoms with E-state index in [1.807, 2.05) is 0 Å². The maximum atomic E-state index is 6.05. The summed E-state index contributed by atoms with van der Waals surface area (Å²) in [6.07, 6.45) is 1.19. The molecule has 0 bridgehead atoms. The van der Waals surface area contributed by atoms with Crippen LogP contribution < -0.4 is 4.90 Å². The van der Waals surface area contributed by atoms with Crippen molar-refractivity contribution in [3.63, 3.8) is 0 Å². The summed E-state index contributed by atoms with van der Waals surface area (Å²) in [4.78, 5) is 9.71. The minimum atomic E-state index is 0.432. The second kappa shape index (κ2) is 6.77. The Balaban J connectivity index is 2.32. The fourth-order valence-corrected chi connectivity index (χ4v) is 2.98. The van der Waals surface area contributed by atoms with Gasteiger partial charge in [0, 0.05) is 30.7 Å². The van der Waals surface area contributed by atoms with Crippen molar-refractivity contribution in [1.82, 2.24) is 9.88 Å². The van der Waals surface area contributed by atoms with Gasteiger partial charge in [-0.15, -0.1) is 11.6 Å². The second-order valence-corrected chi connectivity index (χ2v) is 6.47. The van der Waals surface area contributed by atoms with E-state index in [4.69, 9.17) is 16.6 Å². The normalized spacial score (nSPS) is 21.3. The van der Waals surface area contributed by atoms with Crippen LogP contribution in [0.4, 0.5) is 5.82 Å². The molecule has 1 atom stereocenters. The Morgan fingerprint density at radius 3 is 2.75 bits per heavy atom. The van der Waals surface area contributed by atoms with E-state index in [1.54, 1.807) is 0 Å². The molecular formula is C16H26ClN3. The first kappa shape index (κ1) is 15.6. The van der Waals surface area contributed by atoms with Crippen molar-refractivity contribution in [2.75, 3.05) is 31.6 Å². The number of likely N-dealkylation sites (N-methyl/N-ethyl adjacent to an activating group) is 1. The molecule has 0 radical (unpaired) electrons. The van der Waals surface area contributed by atoms with Gasteiger partial charge in [-0.2, -0.15) is 0 Å². The van der Waals surface area contributed by atoms with E-state index in [0.717, 1.165) is 31.1 Å². The van der Waals surface area contributed by atoms with Crippen molar-refractivity contribution in [3.8, 4) is 0 Å². The summed E-state index contributed by atoms with van der Waals surface area (Å²) in [5, 5.41) is 0. The molecule has 1 aliphatic heterocycles. The molecule has 0 spiro atoms. The van der Waals surface area contributed by atoms with Crippen LogP contribution in [0.5, 0.6) is 0 Å². The van der Waals surface area contributed by atoms with E-state index in [-0.39, 0.29) is 0 Å². The van der Waals surface area contributed by atoms with Crippen LogP contribution in [0, 0.1) is 0 Å². The second-order valence-electron chi connectivity index (χ2n) is 6.21. The summed E-state index contributed by atoms with van der Waals surface area (Å²) in [5.41, 5.74) is 2.31. The Labute approximate surface area is 127 Å². The van der Waals surface area contributed by atoms with Crippen LogP contribution in [0.1, 0.15) is 44.4 Å². The largest absolute Gasteiger partial charge is 0.353 e. The van der Waals surface area contributed by atoms with Gasteiger partial charge in [0.2, 0.25) is 0 Å². The first-order valence-electron chi connectivity index (χ1n) is 7.53. The fraction of sp³-hybridized carbons (Fsp3) is 0.688. The fourth-order valence-electron chi connectivity index (χ4n) is 2.83. The minimum Gasteiger partial charge on any atom is -0.353 e. The van der Waals surface area contributed by atoms with Gasteiger partial charge in [-0.1, -0.05) is 13.8 Å². The quantitative estimate of drug-likeness (QED) is 0.796. The predicted octanol–water partition coefficient (Wildman–Crippen LogP) is 3.47. The predicted molar refractivity (Wildman–Crippen MR) is 86.8 cm³/mol. The lowest BCUT2D eigenvalue weighted by Gasteiger charge is -2.30. The Kier molecular flexibility index (Phi) is 5.28. The molecule has 1 aliphatic rings. The number of pyridine rings is 1. The average molecular weight is 296 g/mol. The topological polar surface area (TPSA) is 19.4 Å². The number of hydrogen-bond acceptors (Lipinski definition) is 3. The molecule has 0 amide bonds. The summed E-state index contributed by atoms with van der Waals surface area (Å²) in [6.45, 7) is 9.97. The summed E-state index contributed by atoms with van der Waals surface area (Å²) < 4.78 is 0. The summed E-state index contributed by atoms with van der Waals surface area (Å²) in [6, 6.07) is 4.77. The van der Waals surface area contributed by atoms with Crippen molar-refractivity contribution in [2.24, 2.45) is 0 Å². The van der Waals surface area contributed by atoms with Gasteiger partial charge >= 0.3 is 0 Å². The zero-order valence-electron chi connectivity index (χ0n) is 13.1. The maximum Gasteiger partial charge on any atom is 0.129 e. The maximum absolute atomic E-state index is 6.05. The van der Waals surface area contributed by atoms with Gasteiger partial charge in [-0.3, -0.25) is 0 Å². The number of rotatable bonds is 3. The highest BCUT2D eigenvalue weighted by Gasteiger charge is 2.21. The van der Waals surface area contributed by atoms with Crippen LogP contribution in [0.25, 0.3) is 0 Å². The van der Waals surface area contributed by atoms with E-state index >= 15 is 0 Å². The molecule has 2 rings (SSSR count). The molecule has 3 nitrogen and oxygen atoms in total. The first-order valence-corrected chi connectivity index (χ1v) is 8.06. The highest BCUT2D eigenvalue weighted by molar-refractivity contribution is 6.17. The van der Waals surface area contributed by atoms with Crippen molar-refractivity contribution in [2.45, 2.75) is 45.0 Å². The molecule has 1 saturated heterocycles. The molecule has 1 unspecified atom stereocenters. The third-order valence-electron chi connectivity index (χ3n) is 3.98. The number of nitrogens with zero attached hydrogens (tertiary/aromatic N) is 3. The van der Waals surface area contributed by atoms with Crippen molar-refractivity contribution < 1.29 is 0 Å². The molecule has 1 fully saturated rings. The molecule has 112 valence electrons. The van der Waals surface area contributed by atoms with Crippen LogP contribution in [0.2, 0.25) is 0 Å². The van der Waals surface area contributed by atoms with E-state index in [9.17, 15) is 0 Å². The minimum absolute atomic E-state index is 0.432. The summed E-state index contributed by atoms with van der Waals surface area (Å²) in [7, 11) is 2.20. The van der Waals surface area contributed by atoms with E-state index < -0.39 is 0 Å². The molecule has 0 saturated carbocycles. The average Bonchev–Trinajstić information content (AvgIpc) is 2.58. The van der Waals surface area contributed by atoms with Gasteiger partial charge in [-0.05, 0) is 50.6 Å². The van der Waals surface area contributed by atoms with Crippen molar-refractivity contribution in [3.05, 3.63) is 23.4 Å². The lowest BCUT2D eigenvalue weighted by molar-refractivity contribution is 0.337. The molecule has 0 aliphatic carbocycles. The Hall–Kier alpha value is -0.800. The monoisotopic (exact) mass is 295 g/mol. The van der Waals surface area contributed by atoms with E-state index in [1.165, 1.54) is 12.0 Å². The lowest BCUT2D eigenvalue weighted by Crippen LogP contribution is -2.38. The number of anilines is 1. The Morgan fingerprint density at radius 1 is 1.35 bits per heavy atom. The molecular weight excluding hydrogens is 270 g/mol. The third kappa shape index (κ3) is 3.64. The number of halogens is 1. The molecule has 20 heavy (non-hydrogen) atoms. The van der Waals surface area contributed by atoms with Crippen molar-refractivity contribution >= 4 is 17.4 Å². The Morgan fingerprint density at radius 2 is 2.10 bits per heavy atom. The van der Waals surface area contributed by atoms with E-state index in [2.05, 4.69) is 49.8 Å². The highest BCUT2D eigenvalue weighted by atomic mass is 35.5. The Bertz CT molecular complexity index is 447. The van der Waals surface area contributed by atoms with Gasteiger partial charge in [0.05, 0.1) is 0 Å². The molecule has 0 N–H and O–H groups in total. The SMILES string of the molecule is CC(C)c1cc(CCl)cc(N2CCCN(C)CC2C)n1. The smallest absolute Gasteiger partial charge is 0.129 e. The van der Waals surface area contributed by atoms with Gasteiger partial charge in [0.15, 0.2) is 0 Å². The lowest BCUT2D eigenvalue weighted by atomic mass is 10.1. The summed E-state index contributed by atoms with van der Waals surface area (Å²) in [5.74, 6) is 2.08. The molecule has 2 heterocycles. The van der Waals surface area contributed by atoms with Crippen LogP contribution in [0.3, 0.4) is 0 Å². The molecule has 1 aromatic rings. The van der Waals surface area contributed by atoms with Gasteiger partial charge in [-0.25, -0.2) is 4.98 Å². The highest BCUT2D eigenvalue weighted by Crippen LogP contribution is 2.24. The number of aromatic nitrogens is 1.